The summed E-state index contributed by atoms with van der Waals surface area (Å²) >= 11 is 0. The van der Waals surface area contributed by atoms with Gasteiger partial charge in [-0.3, -0.25) is 0 Å². The molecule has 0 unspecified atom stereocenters. The maximum Gasteiger partial charge on any atom is 0.109 e. The molecule has 0 atom stereocenters. The number of hydrogen-bond donors (Lipinski definition) is 1. The molecule has 1 aromatic rings. The van der Waals surface area contributed by atoms with Gasteiger partial charge in [-0.25, -0.2) is 0 Å². The van der Waals surface area contributed by atoms with Crippen molar-refractivity contribution in [1.29, 1.82) is 0 Å². The van der Waals surface area contributed by atoms with Gasteiger partial charge in [-0.15, -0.1) is 0 Å². The Hall–Kier alpha value is -0.643. The highest BCUT2D eigenvalue weighted by Crippen LogP contribution is 1.75. The number of nitrogens with one attached hydrogen (secondary N) is 1. The zero-order valence-electron chi connectivity index (χ0n) is 4.97. The summed E-state index contributed by atoms with van der Waals surface area (Å²) < 4.78 is 0. The molecule has 8 heavy (non-hydrogen) atoms. The Kier molecular flexibility index (Phi) is 1.43. The van der Waals surface area contributed by atoms with Crippen LogP contribution in [0.3, 0.4) is 0 Å². The third-order valence-electron chi connectivity index (χ3n) is 0.927. The van der Waals surface area contributed by atoms with Crippen molar-refractivity contribution < 1.29 is 0 Å². The van der Waals surface area contributed by atoms with Gasteiger partial charge in [0.05, 0.1) is 11.5 Å². The number of aromatic nitrogens is 3. The minimum atomic E-state index is -0.374. The van der Waals surface area contributed by atoms with Crippen LogP contribution >= 0.6 is 0 Å². The van der Waals surface area contributed by atoms with Crippen molar-refractivity contribution in [3.8, 4) is 0 Å². The predicted octanol–water partition coefficient (Wildman–Crippen LogP) is -0.234. The molecule has 4 heteroatoms. The quantitative estimate of drug-likeness (QED) is 0.528. The topological polar surface area (TPSA) is 41.6 Å². The second kappa shape index (κ2) is 2.08. The summed E-state index contributed by atoms with van der Waals surface area (Å²) in [6.45, 7) is 4.37. The van der Waals surface area contributed by atoms with Crippen molar-refractivity contribution in [2.75, 3.05) is 0 Å². The van der Waals surface area contributed by atoms with Crippen LogP contribution in [0.5, 0.6) is 0 Å². The van der Waals surface area contributed by atoms with Gasteiger partial charge in [0.2, 0.25) is 0 Å². The molecule has 1 aromatic heterocycles. The maximum atomic E-state index is 3.92. The molecular weight excluding hydrogens is 118 g/mol. The van der Waals surface area contributed by atoms with Crippen molar-refractivity contribution in [2.24, 2.45) is 0 Å². The van der Waals surface area contributed by atoms with E-state index in [0.29, 0.717) is 0 Å². The monoisotopic (exact) mass is 126 g/mol. The number of aromatic amines is 1. The van der Waals surface area contributed by atoms with E-state index in [1.807, 2.05) is 0 Å². The lowest BCUT2D eigenvalue weighted by Crippen LogP contribution is -2.23. The van der Waals surface area contributed by atoms with E-state index < -0.39 is 0 Å². The van der Waals surface area contributed by atoms with E-state index in [0.717, 1.165) is 5.32 Å². The molecule has 0 spiro atoms. The summed E-state index contributed by atoms with van der Waals surface area (Å²) in [5.41, 5.74) is 0. The van der Waals surface area contributed by atoms with E-state index in [9.17, 15) is 0 Å². The van der Waals surface area contributed by atoms with Crippen molar-refractivity contribution >= 4 is 14.1 Å². The van der Waals surface area contributed by atoms with Gasteiger partial charge in [-0.1, -0.05) is 13.1 Å². The highest BCUT2D eigenvalue weighted by Gasteiger charge is 2.00. The Morgan fingerprint density at radius 3 is 2.62 bits per heavy atom. The van der Waals surface area contributed by atoms with Crippen LogP contribution in [0, 0.1) is 0 Å². The van der Waals surface area contributed by atoms with Crippen molar-refractivity contribution in [2.45, 2.75) is 13.1 Å². The average Bonchev–Trinajstić information content (AvgIpc) is 2.12. The molecule has 1 rings (SSSR count). The van der Waals surface area contributed by atoms with Gasteiger partial charge in [0.25, 0.3) is 0 Å². The Morgan fingerprint density at radius 2 is 2.38 bits per heavy atom. The second-order valence-electron chi connectivity index (χ2n) is 1.86. The summed E-state index contributed by atoms with van der Waals surface area (Å²) in [7, 11) is -0.374. The summed E-state index contributed by atoms with van der Waals surface area (Å²) in [5, 5.41) is 11.3. The van der Waals surface area contributed by atoms with Gasteiger partial charge in [0.1, 0.15) is 8.80 Å². The summed E-state index contributed by atoms with van der Waals surface area (Å²) in [6.07, 6.45) is 1.79. The van der Waals surface area contributed by atoms with Gasteiger partial charge in [0, 0.05) is 0 Å². The SMILES string of the molecule is C[Si](C)c1cn[nH]n1. The molecule has 0 amide bonds. The Balaban J connectivity index is 2.77. The summed E-state index contributed by atoms with van der Waals surface area (Å²) in [6, 6.07) is 0. The highest BCUT2D eigenvalue weighted by atomic mass is 28.3. The van der Waals surface area contributed by atoms with Crippen LogP contribution in [-0.2, 0) is 0 Å². The lowest BCUT2D eigenvalue weighted by atomic mass is 10.9. The molecule has 1 radical (unpaired) electrons. The number of hydrogen-bond acceptors (Lipinski definition) is 2. The third-order valence-corrected chi connectivity index (χ3v) is 2.19. The number of H-pyrrole nitrogens is 1. The van der Waals surface area contributed by atoms with Crippen LogP contribution in [0.15, 0.2) is 6.20 Å². The fourth-order valence-electron chi connectivity index (χ4n) is 0.443. The zero-order chi connectivity index (χ0) is 5.98. The van der Waals surface area contributed by atoms with E-state index in [4.69, 9.17) is 0 Å². The normalized spacial score (nSPS) is 10.4. The van der Waals surface area contributed by atoms with Gasteiger partial charge < -0.3 is 0 Å². The van der Waals surface area contributed by atoms with E-state index in [1.165, 1.54) is 0 Å². The van der Waals surface area contributed by atoms with Gasteiger partial charge in [-0.2, -0.15) is 15.4 Å². The zero-order valence-corrected chi connectivity index (χ0v) is 5.97. The Bertz CT molecular complexity index is 146. The van der Waals surface area contributed by atoms with Gasteiger partial charge in [0.15, 0.2) is 0 Å². The number of nitrogens with zero attached hydrogens (tertiary/aromatic N) is 2. The molecule has 0 aliphatic heterocycles. The third kappa shape index (κ3) is 0.948. The van der Waals surface area contributed by atoms with Crippen molar-refractivity contribution in [3.63, 3.8) is 0 Å². The predicted molar refractivity (Wildman–Crippen MR) is 33.5 cm³/mol. The van der Waals surface area contributed by atoms with Crippen LogP contribution in [0.2, 0.25) is 13.1 Å². The first-order valence-electron chi connectivity index (χ1n) is 2.47. The van der Waals surface area contributed by atoms with Crippen molar-refractivity contribution in [3.05, 3.63) is 6.20 Å². The number of rotatable bonds is 1. The first kappa shape index (κ1) is 5.49. The second-order valence-corrected chi connectivity index (χ2v) is 4.37. The highest BCUT2D eigenvalue weighted by molar-refractivity contribution is 6.69. The van der Waals surface area contributed by atoms with E-state index in [2.05, 4.69) is 28.5 Å². The fraction of sp³-hybridized carbons (Fsp3) is 0.500. The standard InChI is InChI=1S/C4H8N3Si/c1-8(2)4-3-5-7-6-4/h3H,1-2H3,(H,5,6,7). The lowest BCUT2D eigenvalue weighted by molar-refractivity contribution is 0.946. The maximum absolute atomic E-state index is 3.92. The van der Waals surface area contributed by atoms with Gasteiger partial charge in [-0.05, 0) is 0 Å². The first-order chi connectivity index (χ1) is 3.80. The molecule has 1 N–H and O–H groups in total. The summed E-state index contributed by atoms with van der Waals surface area (Å²) in [4.78, 5) is 0. The molecule has 0 saturated heterocycles. The van der Waals surface area contributed by atoms with E-state index in [1.54, 1.807) is 6.20 Å². The van der Waals surface area contributed by atoms with Crippen LogP contribution in [0.25, 0.3) is 0 Å². The minimum absolute atomic E-state index is 0.374. The lowest BCUT2D eigenvalue weighted by Gasteiger charge is -1.89. The molecule has 43 valence electrons. The smallest absolute Gasteiger partial charge is 0.109 e. The van der Waals surface area contributed by atoms with Gasteiger partial charge >= 0.3 is 0 Å². The Labute approximate surface area is 49.7 Å². The molecular formula is C4H8N3Si. The molecule has 0 fully saturated rings. The van der Waals surface area contributed by atoms with Crippen LogP contribution in [0.1, 0.15) is 0 Å². The van der Waals surface area contributed by atoms with Crippen LogP contribution in [-0.4, -0.2) is 24.2 Å². The average molecular weight is 126 g/mol. The largest absolute Gasteiger partial charge is 0.198 e. The molecule has 0 bridgehead atoms. The van der Waals surface area contributed by atoms with Crippen molar-refractivity contribution in [1.82, 2.24) is 15.4 Å². The molecule has 0 saturated carbocycles. The van der Waals surface area contributed by atoms with Crippen LogP contribution in [0.4, 0.5) is 0 Å². The molecule has 1 heterocycles. The summed E-state index contributed by atoms with van der Waals surface area (Å²) in [5.74, 6) is 0. The molecule has 0 aliphatic rings. The molecule has 0 aromatic carbocycles. The van der Waals surface area contributed by atoms with Crippen LogP contribution < -0.4 is 5.32 Å². The Morgan fingerprint density at radius 1 is 1.62 bits per heavy atom. The van der Waals surface area contributed by atoms with E-state index in [-0.39, 0.29) is 8.80 Å². The molecule has 3 nitrogen and oxygen atoms in total. The minimum Gasteiger partial charge on any atom is -0.198 e. The van der Waals surface area contributed by atoms with E-state index >= 15 is 0 Å². The molecule has 0 aliphatic carbocycles. The fourth-order valence-corrected chi connectivity index (χ4v) is 1.04. The first-order valence-corrected chi connectivity index (χ1v) is 4.97.